The number of rotatable bonds is 2. The number of fused-ring (bicyclic) bond motifs is 2. The largest absolute Gasteiger partial charge is 0.490 e. The number of pyridine rings is 1. The molecule has 0 bridgehead atoms. The van der Waals surface area contributed by atoms with Crippen molar-refractivity contribution in [2.75, 3.05) is 11.4 Å². The number of halogens is 1. The van der Waals surface area contributed by atoms with Gasteiger partial charge in [-0.3, -0.25) is 9.98 Å². The van der Waals surface area contributed by atoms with Gasteiger partial charge in [0.15, 0.2) is 5.84 Å². The first-order valence-electron chi connectivity index (χ1n) is 7.27. The van der Waals surface area contributed by atoms with Crippen molar-refractivity contribution in [3.05, 3.63) is 41.6 Å². The van der Waals surface area contributed by atoms with Crippen LogP contribution in [0.15, 0.2) is 29.5 Å². The van der Waals surface area contributed by atoms with Gasteiger partial charge in [0.05, 0.1) is 29.8 Å². The van der Waals surface area contributed by atoms with Crippen LogP contribution >= 0.6 is 0 Å². The molecule has 8 nitrogen and oxygen atoms in total. The van der Waals surface area contributed by atoms with Gasteiger partial charge < -0.3 is 9.08 Å². The summed E-state index contributed by atoms with van der Waals surface area (Å²) in [6.45, 7) is 1.00. The summed E-state index contributed by atoms with van der Waals surface area (Å²) in [6, 6.07) is 3.84. The molecule has 124 valence electrons. The van der Waals surface area contributed by atoms with Crippen molar-refractivity contribution in [2.24, 2.45) is 4.99 Å². The second kappa shape index (κ2) is 5.48. The van der Waals surface area contributed by atoms with Crippen LogP contribution in [0.2, 0.25) is 0 Å². The van der Waals surface area contributed by atoms with Crippen molar-refractivity contribution in [3.8, 4) is 5.88 Å². The molecular formula is C14H12FN5O3S. The highest BCUT2D eigenvalue weighted by atomic mass is 32.3. The maximum Gasteiger partial charge on any atom is 0.490 e. The first-order valence-corrected chi connectivity index (χ1v) is 8.58. The van der Waals surface area contributed by atoms with E-state index in [1.807, 2.05) is 17.0 Å². The van der Waals surface area contributed by atoms with E-state index >= 15 is 0 Å². The Morgan fingerprint density at radius 3 is 2.96 bits per heavy atom. The lowest BCUT2D eigenvalue weighted by Gasteiger charge is -2.30. The minimum atomic E-state index is -5.13. The first-order chi connectivity index (χ1) is 11.5. The molecule has 0 radical (unpaired) electrons. The van der Waals surface area contributed by atoms with E-state index in [0.717, 1.165) is 37.0 Å². The van der Waals surface area contributed by atoms with E-state index in [2.05, 4.69) is 24.1 Å². The fraction of sp³-hybridized carbons (Fsp3) is 0.286. The zero-order valence-electron chi connectivity index (χ0n) is 12.4. The topological polar surface area (TPSA) is 97.6 Å². The normalized spacial score (nSPS) is 16.4. The molecule has 2 aliphatic heterocycles. The molecule has 10 heteroatoms. The minimum Gasteiger partial charge on any atom is -0.336 e. The van der Waals surface area contributed by atoms with Gasteiger partial charge in [-0.2, -0.15) is 8.42 Å². The molecule has 4 heterocycles. The van der Waals surface area contributed by atoms with Crippen molar-refractivity contribution in [1.82, 2.24) is 15.0 Å². The molecule has 0 atom stereocenters. The Labute approximate surface area is 137 Å². The van der Waals surface area contributed by atoms with E-state index in [0.29, 0.717) is 17.2 Å². The van der Waals surface area contributed by atoms with Crippen LogP contribution in [0, 0.1) is 0 Å². The second-order valence-corrected chi connectivity index (χ2v) is 6.30. The number of nitrogens with zero attached hydrogens (tertiary/aromatic N) is 5. The van der Waals surface area contributed by atoms with Gasteiger partial charge in [-0.05, 0) is 25.0 Å². The summed E-state index contributed by atoms with van der Waals surface area (Å²) in [4.78, 5) is 19.0. The van der Waals surface area contributed by atoms with Gasteiger partial charge >= 0.3 is 10.5 Å². The number of aliphatic imine (C=N–C) groups is 1. The van der Waals surface area contributed by atoms with E-state index in [9.17, 15) is 12.3 Å². The zero-order valence-corrected chi connectivity index (χ0v) is 13.2. The molecule has 0 saturated heterocycles. The van der Waals surface area contributed by atoms with Crippen molar-refractivity contribution >= 4 is 22.0 Å². The number of hydrogen-bond donors (Lipinski definition) is 0. The second-order valence-electron chi connectivity index (χ2n) is 5.34. The van der Waals surface area contributed by atoms with E-state index in [-0.39, 0.29) is 6.54 Å². The average molecular weight is 349 g/mol. The average Bonchev–Trinajstić information content (AvgIpc) is 2.96. The maximum atomic E-state index is 12.6. The number of aryl methyl sites for hydroxylation is 1. The summed E-state index contributed by atoms with van der Waals surface area (Å²) >= 11 is 0. The van der Waals surface area contributed by atoms with Crippen LogP contribution in [-0.2, 0) is 23.5 Å². The third kappa shape index (κ3) is 2.68. The molecule has 0 spiro atoms. The predicted octanol–water partition coefficient (Wildman–Crippen LogP) is 1.18. The summed E-state index contributed by atoms with van der Waals surface area (Å²) < 4.78 is 37.8. The van der Waals surface area contributed by atoms with Crippen LogP contribution in [0.25, 0.3) is 0 Å². The fourth-order valence-corrected chi connectivity index (χ4v) is 3.18. The zero-order chi connectivity index (χ0) is 16.7. The lowest BCUT2D eigenvalue weighted by molar-refractivity contribution is 0.430. The van der Waals surface area contributed by atoms with Gasteiger partial charge in [0, 0.05) is 12.7 Å². The standard InChI is InChI=1S/C14H12FN5O3S/c15-24(21,22)23-12-8-17-13-10(19-12)7-18-14(13)20-6-2-3-9-11(20)4-1-5-16-9/h1,4-5,8H,2-3,6-7H2. The lowest BCUT2D eigenvalue weighted by Crippen LogP contribution is -2.36. The molecule has 0 unspecified atom stereocenters. The SMILES string of the molecule is O=S(=O)(F)Oc1cnc2c(n1)CN=C2N1CCCc2ncccc21. The Balaban J connectivity index is 1.68. The molecule has 0 N–H and O–H groups in total. The molecule has 2 aromatic rings. The van der Waals surface area contributed by atoms with Crippen molar-refractivity contribution in [2.45, 2.75) is 19.4 Å². The van der Waals surface area contributed by atoms with Gasteiger partial charge in [-0.1, -0.05) is 3.89 Å². The van der Waals surface area contributed by atoms with Crippen LogP contribution in [0.5, 0.6) is 5.88 Å². The van der Waals surface area contributed by atoms with E-state index in [4.69, 9.17) is 0 Å². The molecule has 2 aromatic heterocycles. The molecule has 0 amide bonds. The third-order valence-electron chi connectivity index (χ3n) is 3.81. The van der Waals surface area contributed by atoms with E-state index in [1.54, 1.807) is 6.20 Å². The number of aromatic nitrogens is 3. The summed E-state index contributed by atoms with van der Waals surface area (Å²) in [5.74, 6) is 0.245. The fourth-order valence-electron chi connectivity index (χ4n) is 2.90. The highest BCUT2D eigenvalue weighted by Crippen LogP contribution is 2.29. The molecule has 0 saturated carbocycles. The van der Waals surface area contributed by atoms with Crippen molar-refractivity contribution in [3.63, 3.8) is 0 Å². The van der Waals surface area contributed by atoms with Crippen LogP contribution < -0.4 is 9.08 Å². The molecule has 2 aliphatic rings. The predicted molar refractivity (Wildman–Crippen MR) is 82.8 cm³/mol. The monoisotopic (exact) mass is 349 g/mol. The smallest absolute Gasteiger partial charge is 0.336 e. The highest BCUT2D eigenvalue weighted by Gasteiger charge is 2.29. The highest BCUT2D eigenvalue weighted by molar-refractivity contribution is 7.81. The molecule has 0 fully saturated rings. The van der Waals surface area contributed by atoms with Crippen molar-refractivity contribution < 1.29 is 16.5 Å². The Hall–Kier alpha value is -2.62. The summed E-state index contributed by atoms with van der Waals surface area (Å²) in [5.41, 5.74) is 2.96. The number of hydrogen-bond acceptors (Lipinski definition) is 8. The summed E-state index contributed by atoms with van der Waals surface area (Å²) in [7, 11) is -5.13. The van der Waals surface area contributed by atoms with E-state index in [1.165, 1.54) is 0 Å². The molecule has 4 rings (SSSR count). The Morgan fingerprint density at radius 1 is 1.25 bits per heavy atom. The van der Waals surface area contributed by atoms with Gasteiger partial charge in [0.2, 0.25) is 0 Å². The number of amidine groups is 1. The molecule has 0 aromatic carbocycles. The van der Waals surface area contributed by atoms with Crippen LogP contribution in [0.3, 0.4) is 0 Å². The summed E-state index contributed by atoms with van der Waals surface area (Å²) in [6.07, 6.45) is 4.67. The Kier molecular flexibility index (Phi) is 3.41. The van der Waals surface area contributed by atoms with Crippen molar-refractivity contribution in [1.29, 1.82) is 0 Å². The Morgan fingerprint density at radius 2 is 2.12 bits per heavy atom. The van der Waals surface area contributed by atoms with Crippen LogP contribution in [0.4, 0.5) is 9.57 Å². The van der Waals surface area contributed by atoms with Gasteiger partial charge in [0.1, 0.15) is 5.69 Å². The first kappa shape index (κ1) is 14.9. The van der Waals surface area contributed by atoms with Crippen LogP contribution in [0.1, 0.15) is 23.5 Å². The quantitative estimate of drug-likeness (QED) is 0.751. The number of anilines is 1. The maximum absolute atomic E-state index is 12.6. The van der Waals surface area contributed by atoms with Gasteiger partial charge in [-0.25, -0.2) is 9.97 Å². The van der Waals surface area contributed by atoms with Gasteiger partial charge in [0.25, 0.3) is 5.88 Å². The van der Waals surface area contributed by atoms with E-state index < -0.39 is 16.4 Å². The van der Waals surface area contributed by atoms with Crippen LogP contribution in [-0.4, -0.2) is 35.8 Å². The lowest BCUT2D eigenvalue weighted by atomic mass is 10.1. The molecule has 24 heavy (non-hydrogen) atoms. The Bertz CT molecular complexity index is 947. The molecule has 0 aliphatic carbocycles. The molecular weight excluding hydrogens is 337 g/mol. The third-order valence-corrected chi connectivity index (χ3v) is 4.18. The summed E-state index contributed by atoms with van der Waals surface area (Å²) in [5, 5.41) is 0. The minimum absolute atomic E-state index is 0.229. The van der Waals surface area contributed by atoms with Gasteiger partial charge in [-0.15, -0.1) is 0 Å².